The molecule has 0 radical (unpaired) electrons. The minimum Gasteiger partial charge on any atom is -0.301 e. The number of thioether (sulfide) groups is 1. The van der Waals surface area contributed by atoms with Crippen molar-refractivity contribution in [2.75, 3.05) is 5.32 Å². The molecule has 32 heavy (non-hydrogen) atoms. The number of anilines is 1. The van der Waals surface area contributed by atoms with E-state index < -0.39 is 16.9 Å². The zero-order valence-electron chi connectivity index (χ0n) is 17.5. The Morgan fingerprint density at radius 2 is 1.97 bits per heavy atom. The van der Waals surface area contributed by atoms with Gasteiger partial charge in [-0.25, -0.2) is 13.8 Å². The molecule has 4 aromatic rings. The number of carbonyl (C=O) groups excluding carboxylic acids is 1. The van der Waals surface area contributed by atoms with Crippen molar-refractivity contribution < 1.29 is 13.6 Å². The van der Waals surface area contributed by atoms with Gasteiger partial charge >= 0.3 is 0 Å². The van der Waals surface area contributed by atoms with Gasteiger partial charge in [-0.3, -0.25) is 9.36 Å². The van der Waals surface area contributed by atoms with Crippen LogP contribution in [0.4, 0.5) is 13.9 Å². The third-order valence-electron chi connectivity index (χ3n) is 4.73. The van der Waals surface area contributed by atoms with Gasteiger partial charge in [-0.2, -0.15) is 0 Å². The van der Waals surface area contributed by atoms with Crippen molar-refractivity contribution >= 4 is 34.1 Å². The van der Waals surface area contributed by atoms with Gasteiger partial charge in [0.05, 0.1) is 16.6 Å². The van der Waals surface area contributed by atoms with E-state index in [0.29, 0.717) is 21.5 Å². The minimum atomic E-state index is -0.945. The highest BCUT2D eigenvalue weighted by molar-refractivity contribution is 8.00. The summed E-state index contributed by atoms with van der Waals surface area (Å²) in [5.41, 5.74) is 4.08. The Hall–Kier alpha value is -3.11. The van der Waals surface area contributed by atoms with Crippen molar-refractivity contribution in [3.05, 3.63) is 70.9 Å². The van der Waals surface area contributed by atoms with Crippen molar-refractivity contribution in [3.8, 4) is 16.9 Å². The predicted molar refractivity (Wildman–Crippen MR) is 122 cm³/mol. The molecule has 0 spiro atoms. The Kier molecular flexibility index (Phi) is 6.33. The third-order valence-corrected chi connectivity index (χ3v) is 6.54. The zero-order valence-corrected chi connectivity index (χ0v) is 19.1. The summed E-state index contributed by atoms with van der Waals surface area (Å²) in [4.78, 5) is 17.0. The molecule has 0 aliphatic rings. The summed E-state index contributed by atoms with van der Waals surface area (Å²) in [6, 6.07) is 9.66. The lowest BCUT2D eigenvalue weighted by Gasteiger charge is -2.13. The van der Waals surface area contributed by atoms with E-state index in [1.54, 1.807) is 18.6 Å². The lowest BCUT2D eigenvalue weighted by Crippen LogP contribution is -2.22. The van der Waals surface area contributed by atoms with Gasteiger partial charge in [0.25, 0.3) is 0 Å². The first kappa shape index (κ1) is 22.1. The molecule has 1 atom stereocenters. The third kappa shape index (κ3) is 4.71. The number of carbonyl (C=O) groups is 1. The monoisotopic (exact) mass is 471 g/mol. The van der Waals surface area contributed by atoms with Crippen LogP contribution in [-0.4, -0.2) is 30.9 Å². The van der Waals surface area contributed by atoms with Crippen molar-refractivity contribution in [2.45, 2.75) is 31.2 Å². The average molecular weight is 472 g/mol. The number of nitrogens with one attached hydrogen (secondary N) is 1. The Morgan fingerprint density at radius 1 is 1.16 bits per heavy atom. The topological polar surface area (TPSA) is 72.7 Å². The van der Waals surface area contributed by atoms with Gasteiger partial charge in [0.15, 0.2) is 21.9 Å². The lowest BCUT2D eigenvalue weighted by atomic mass is 10.1. The van der Waals surface area contributed by atoms with Crippen LogP contribution in [0.2, 0.25) is 0 Å². The summed E-state index contributed by atoms with van der Waals surface area (Å²) in [5, 5.41) is 13.1. The highest BCUT2D eigenvalue weighted by Crippen LogP contribution is 2.29. The number of hydrogen-bond acceptors (Lipinski definition) is 6. The van der Waals surface area contributed by atoms with Gasteiger partial charge in [-0.15, -0.1) is 21.5 Å². The molecule has 1 amide bonds. The number of thiazole rings is 1. The number of halogens is 2. The second kappa shape index (κ2) is 9.17. The Labute approximate surface area is 191 Å². The molecule has 2 aromatic carbocycles. The molecule has 6 nitrogen and oxygen atoms in total. The highest BCUT2D eigenvalue weighted by Gasteiger charge is 2.20. The van der Waals surface area contributed by atoms with Crippen LogP contribution in [0.1, 0.15) is 18.1 Å². The molecular formula is C22H19F2N5OS2. The quantitative estimate of drug-likeness (QED) is 0.381. The first-order chi connectivity index (χ1) is 15.3. The van der Waals surface area contributed by atoms with Crippen molar-refractivity contribution in [3.63, 3.8) is 0 Å². The largest absolute Gasteiger partial charge is 0.301 e. The number of hydrogen-bond donors (Lipinski definition) is 1. The SMILES string of the molecule is Cc1ccc(-n2cnnc2SC(C)C(=O)Nc2nc(-c3ccc(F)c(F)c3)cs2)c(C)c1. The Bertz CT molecular complexity index is 1290. The Balaban J connectivity index is 1.45. The second-order valence-electron chi connectivity index (χ2n) is 7.19. The van der Waals surface area contributed by atoms with Crippen LogP contribution >= 0.6 is 23.1 Å². The van der Waals surface area contributed by atoms with Crippen LogP contribution in [-0.2, 0) is 4.79 Å². The van der Waals surface area contributed by atoms with Crippen LogP contribution in [0, 0.1) is 25.5 Å². The molecule has 0 bridgehead atoms. The molecule has 1 unspecified atom stereocenters. The number of rotatable bonds is 6. The first-order valence-electron chi connectivity index (χ1n) is 9.68. The predicted octanol–water partition coefficient (Wildman–Crippen LogP) is 5.41. The maximum atomic E-state index is 13.5. The molecule has 2 aromatic heterocycles. The van der Waals surface area contributed by atoms with Gasteiger partial charge in [0.1, 0.15) is 6.33 Å². The summed E-state index contributed by atoms with van der Waals surface area (Å²) in [5.74, 6) is -2.12. The molecule has 0 aliphatic carbocycles. The van der Waals surface area contributed by atoms with Crippen molar-refractivity contribution in [1.82, 2.24) is 19.7 Å². The van der Waals surface area contributed by atoms with Gasteiger partial charge in [-0.1, -0.05) is 29.5 Å². The van der Waals surface area contributed by atoms with Crippen molar-refractivity contribution in [1.29, 1.82) is 0 Å². The van der Waals surface area contributed by atoms with Gasteiger partial charge in [0, 0.05) is 10.9 Å². The van der Waals surface area contributed by atoms with Crippen LogP contribution < -0.4 is 5.32 Å². The number of aryl methyl sites for hydroxylation is 2. The molecule has 0 aliphatic heterocycles. The fourth-order valence-electron chi connectivity index (χ4n) is 3.08. The van der Waals surface area contributed by atoms with E-state index in [9.17, 15) is 13.6 Å². The number of benzene rings is 2. The molecule has 0 saturated heterocycles. The maximum Gasteiger partial charge on any atom is 0.239 e. The van der Waals surface area contributed by atoms with Crippen LogP contribution in [0.5, 0.6) is 0 Å². The summed E-state index contributed by atoms with van der Waals surface area (Å²) >= 11 is 2.49. The molecule has 164 valence electrons. The average Bonchev–Trinajstić information content (AvgIpc) is 3.40. The van der Waals surface area contributed by atoms with Crippen molar-refractivity contribution in [2.24, 2.45) is 0 Å². The smallest absolute Gasteiger partial charge is 0.239 e. The zero-order chi connectivity index (χ0) is 22.8. The molecule has 4 rings (SSSR count). The van der Waals surface area contributed by atoms with E-state index >= 15 is 0 Å². The molecule has 2 heterocycles. The summed E-state index contributed by atoms with van der Waals surface area (Å²) in [6.45, 7) is 5.81. The van der Waals surface area contributed by atoms with Crippen LogP contribution in [0.3, 0.4) is 0 Å². The molecular weight excluding hydrogens is 452 g/mol. The molecule has 0 fully saturated rings. The first-order valence-corrected chi connectivity index (χ1v) is 11.4. The van der Waals surface area contributed by atoms with E-state index in [1.807, 2.05) is 30.5 Å². The van der Waals surface area contributed by atoms with Gasteiger partial charge in [-0.05, 0) is 50.6 Å². The summed E-state index contributed by atoms with van der Waals surface area (Å²) in [6.07, 6.45) is 1.62. The molecule has 1 N–H and O–H groups in total. The van der Waals surface area contributed by atoms with E-state index in [4.69, 9.17) is 0 Å². The van der Waals surface area contributed by atoms with Crippen LogP contribution in [0.25, 0.3) is 16.9 Å². The molecule has 10 heteroatoms. The lowest BCUT2D eigenvalue weighted by molar-refractivity contribution is -0.115. The van der Waals surface area contributed by atoms with E-state index in [1.165, 1.54) is 29.2 Å². The van der Waals surface area contributed by atoms with Crippen LogP contribution in [0.15, 0.2) is 53.3 Å². The molecule has 0 saturated carbocycles. The normalized spacial score (nSPS) is 12.0. The second-order valence-corrected chi connectivity index (χ2v) is 9.36. The maximum absolute atomic E-state index is 13.5. The standard InChI is InChI=1S/C22H19F2N5OS2/c1-12-4-7-19(13(2)8-12)29-11-25-28-22(29)32-14(3)20(30)27-21-26-18(10-31-21)15-5-6-16(23)17(24)9-15/h4-11,14H,1-3H3,(H,26,27,30). The summed E-state index contributed by atoms with van der Waals surface area (Å²) < 4.78 is 28.5. The van der Waals surface area contributed by atoms with E-state index in [0.717, 1.165) is 28.9 Å². The van der Waals surface area contributed by atoms with Gasteiger partial charge in [0.2, 0.25) is 5.91 Å². The number of aromatic nitrogens is 4. The number of amides is 1. The van der Waals surface area contributed by atoms with E-state index in [-0.39, 0.29) is 5.91 Å². The fourth-order valence-corrected chi connectivity index (χ4v) is 4.64. The highest BCUT2D eigenvalue weighted by atomic mass is 32.2. The summed E-state index contributed by atoms with van der Waals surface area (Å²) in [7, 11) is 0. The minimum absolute atomic E-state index is 0.253. The van der Waals surface area contributed by atoms with Gasteiger partial charge < -0.3 is 5.32 Å². The fraction of sp³-hybridized carbons (Fsp3) is 0.182. The van der Waals surface area contributed by atoms with E-state index in [2.05, 4.69) is 26.6 Å². The number of nitrogens with zero attached hydrogens (tertiary/aromatic N) is 4. The Morgan fingerprint density at radius 3 is 2.72 bits per heavy atom.